The molecule has 0 aromatic heterocycles. The third kappa shape index (κ3) is 7.50. The molecule has 10 heteroatoms. The van der Waals surface area contributed by atoms with Crippen LogP contribution in [0.5, 0.6) is 11.5 Å². The number of unbranched alkanes of at least 4 members (excludes halogenated alkanes) is 4. The Balaban J connectivity index is 3.28. The summed E-state index contributed by atoms with van der Waals surface area (Å²) >= 11 is 0. The van der Waals surface area contributed by atoms with Crippen molar-refractivity contribution in [2.75, 3.05) is 13.2 Å². The molecule has 1 aromatic carbocycles. The molecule has 0 aliphatic rings. The third-order valence-corrected chi connectivity index (χ3v) is 6.23. The highest BCUT2D eigenvalue weighted by Crippen LogP contribution is 2.38. The van der Waals surface area contributed by atoms with Crippen LogP contribution in [0.3, 0.4) is 0 Å². The van der Waals surface area contributed by atoms with E-state index in [2.05, 4.69) is 0 Å². The molecule has 6 nitrogen and oxygen atoms in total. The fraction of sp³-hybridized carbons (Fsp3) is 0.625. The van der Waals surface area contributed by atoms with E-state index in [0.717, 1.165) is 44.6 Å². The molecule has 0 heterocycles. The number of hydrogen-bond donors (Lipinski definition) is 0. The highest BCUT2D eigenvalue weighted by Gasteiger charge is 2.26. The van der Waals surface area contributed by atoms with Gasteiger partial charge in [-0.25, -0.2) is 16.8 Å². The summed E-state index contributed by atoms with van der Waals surface area (Å²) in [5, 5.41) is 0. The van der Waals surface area contributed by atoms with E-state index in [1.54, 1.807) is 0 Å². The SMILES string of the molecule is CCCCCOc1cc(OCCCCC)c(S(=O)(=O)Cl)cc1S(=O)(=O)Cl. The molecule has 0 saturated heterocycles. The lowest BCUT2D eigenvalue weighted by Crippen LogP contribution is -2.07. The summed E-state index contributed by atoms with van der Waals surface area (Å²) in [4.78, 5) is -0.897. The van der Waals surface area contributed by atoms with E-state index in [9.17, 15) is 16.8 Å². The van der Waals surface area contributed by atoms with Crippen LogP contribution in [-0.2, 0) is 18.1 Å². The van der Waals surface area contributed by atoms with Gasteiger partial charge >= 0.3 is 0 Å². The predicted molar refractivity (Wildman–Crippen MR) is 103 cm³/mol. The van der Waals surface area contributed by atoms with Gasteiger partial charge < -0.3 is 9.47 Å². The van der Waals surface area contributed by atoms with E-state index in [4.69, 9.17) is 30.8 Å². The van der Waals surface area contributed by atoms with Crippen LogP contribution in [0.15, 0.2) is 21.9 Å². The highest BCUT2D eigenvalue weighted by molar-refractivity contribution is 8.14. The number of hydrogen-bond acceptors (Lipinski definition) is 6. The van der Waals surface area contributed by atoms with Crippen LogP contribution in [0.2, 0.25) is 0 Å². The van der Waals surface area contributed by atoms with Crippen molar-refractivity contribution in [1.82, 2.24) is 0 Å². The largest absolute Gasteiger partial charge is 0.492 e. The van der Waals surface area contributed by atoms with Crippen molar-refractivity contribution in [3.05, 3.63) is 12.1 Å². The minimum Gasteiger partial charge on any atom is -0.492 e. The number of halogens is 2. The monoisotopic (exact) mass is 446 g/mol. The van der Waals surface area contributed by atoms with Crippen molar-refractivity contribution in [2.24, 2.45) is 0 Å². The Morgan fingerprint density at radius 1 is 0.731 bits per heavy atom. The van der Waals surface area contributed by atoms with Crippen molar-refractivity contribution >= 4 is 39.5 Å². The molecule has 0 radical (unpaired) electrons. The van der Waals surface area contributed by atoms with Gasteiger partial charge in [0.2, 0.25) is 0 Å². The lowest BCUT2D eigenvalue weighted by molar-refractivity contribution is 0.281. The minimum atomic E-state index is -4.24. The average molecular weight is 447 g/mol. The van der Waals surface area contributed by atoms with E-state index in [1.807, 2.05) is 13.8 Å². The van der Waals surface area contributed by atoms with Crippen molar-refractivity contribution in [1.29, 1.82) is 0 Å². The second-order valence-corrected chi connectivity index (χ2v) is 10.8. The van der Waals surface area contributed by atoms with Gasteiger partial charge in [-0.3, -0.25) is 0 Å². The van der Waals surface area contributed by atoms with E-state index >= 15 is 0 Å². The van der Waals surface area contributed by atoms with E-state index < -0.39 is 27.9 Å². The van der Waals surface area contributed by atoms with Crippen LogP contribution in [0.4, 0.5) is 0 Å². The molecule has 0 atom stereocenters. The van der Waals surface area contributed by atoms with E-state index in [-0.39, 0.29) is 24.7 Å². The zero-order valence-electron chi connectivity index (χ0n) is 14.8. The Hall–Kier alpha value is -0.700. The lowest BCUT2D eigenvalue weighted by Gasteiger charge is -2.15. The highest BCUT2D eigenvalue weighted by atomic mass is 35.7. The fourth-order valence-corrected chi connectivity index (χ4v) is 4.23. The normalized spacial score (nSPS) is 12.2. The maximum Gasteiger partial charge on any atom is 0.265 e. The van der Waals surface area contributed by atoms with Crippen LogP contribution in [0, 0.1) is 0 Å². The summed E-state index contributed by atoms with van der Waals surface area (Å²) in [6, 6.07) is 2.11. The first-order valence-corrected chi connectivity index (χ1v) is 13.1. The molecule has 0 bridgehead atoms. The molecular weight excluding hydrogens is 423 g/mol. The second kappa shape index (κ2) is 10.6. The Kier molecular flexibility index (Phi) is 9.50. The Labute approximate surface area is 164 Å². The maximum absolute atomic E-state index is 11.8. The van der Waals surface area contributed by atoms with Crippen LogP contribution < -0.4 is 9.47 Å². The molecule has 150 valence electrons. The van der Waals surface area contributed by atoms with Gasteiger partial charge in [0.1, 0.15) is 21.3 Å². The molecule has 1 aromatic rings. The zero-order valence-corrected chi connectivity index (χ0v) is 18.0. The third-order valence-electron chi connectivity index (χ3n) is 3.55. The van der Waals surface area contributed by atoms with Gasteiger partial charge in [0.15, 0.2) is 0 Å². The van der Waals surface area contributed by atoms with Crippen LogP contribution in [0.25, 0.3) is 0 Å². The van der Waals surface area contributed by atoms with Gasteiger partial charge in [0.05, 0.1) is 13.2 Å². The van der Waals surface area contributed by atoms with Gasteiger partial charge in [-0.05, 0) is 18.9 Å². The molecule has 0 aliphatic carbocycles. The average Bonchev–Trinajstić information content (AvgIpc) is 2.53. The van der Waals surface area contributed by atoms with Crippen molar-refractivity contribution in [3.63, 3.8) is 0 Å². The van der Waals surface area contributed by atoms with Gasteiger partial charge in [0.25, 0.3) is 18.1 Å². The Morgan fingerprint density at radius 2 is 1.12 bits per heavy atom. The number of benzene rings is 1. The lowest BCUT2D eigenvalue weighted by atomic mass is 10.2. The van der Waals surface area contributed by atoms with Crippen LogP contribution >= 0.6 is 21.4 Å². The molecular formula is C16H24Cl2O6S2. The zero-order chi connectivity index (χ0) is 19.8. The molecule has 0 amide bonds. The van der Waals surface area contributed by atoms with Gasteiger partial charge in [-0.15, -0.1) is 0 Å². The summed E-state index contributed by atoms with van der Waals surface area (Å²) < 4.78 is 58.4. The van der Waals surface area contributed by atoms with Crippen molar-refractivity contribution < 1.29 is 26.3 Å². The smallest absolute Gasteiger partial charge is 0.265 e. The minimum absolute atomic E-state index is 0.0503. The van der Waals surface area contributed by atoms with Gasteiger partial charge in [-0.1, -0.05) is 39.5 Å². The molecule has 1 rings (SSSR count). The predicted octanol–water partition coefficient (Wildman–Crippen LogP) is 4.68. The molecule has 0 saturated carbocycles. The molecule has 0 fully saturated rings. The van der Waals surface area contributed by atoms with Crippen molar-refractivity contribution in [3.8, 4) is 11.5 Å². The Bertz CT molecular complexity index is 728. The first-order valence-electron chi connectivity index (χ1n) is 8.44. The fourth-order valence-electron chi connectivity index (χ4n) is 2.20. The van der Waals surface area contributed by atoms with Gasteiger partial charge in [0, 0.05) is 27.4 Å². The second-order valence-electron chi connectivity index (χ2n) is 5.73. The first kappa shape index (κ1) is 23.3. The molecule has 0 spiro atoms. The number of ether oxygens (including phenoxy) is 2. The van der Waals surface area contributed by atoms with E-state index in [1.165, 1.54) is 6.07 Å². The molecule has 0 N–H and O–H groups in total. The standard InChI is InChI=1S/C16H24Cl2O6S2/c1-3-5-7-9-23-13-11-14(24-10-8-6-4-2)16(26(18,21)22)12-15(13)25(17,19)20/h11-12H,3-10H2,1-2H3. The quantitative estimate of drug-likeness (QED) is 0.342. The Morgan fingerprint density at radius 3 is 1.42 bits per heavy atom. The summed E-state index contributed by atoms with van der Waals surface area (Å²) in [5.41, 5.74) is 0. The summed E-state index contributed by atoms with van der Waals surface area (Å²) in [7, 11) is 2.40. The van der Waals surface area contributed by atoms with Crippen LogP contribution in [-0.4, -0.2) is 30.0 Å². The van der Waals surface area contributed by atoms with Crippen LogP contribution in [0.1, 0.15) is 52.4 Å². The summed E-state index contributed by atoms with van der Waals surface area (Å²) in [5.74, 6) is -0.101. The summed E-state index contributed by atoms with van der Waals surface area (Å²) in [6.45, 7) is 4.60. The molecule has 26 heavy (non-hydrogen) atoms. The van der Waals surface area contributed by atoms with Crippen molar-refractivity contribution in [2.45, 2.75) is 62.2 Å². The molecule has 0 aliphatic heterocycles. The summed E-state index contributed by atoms with van der Waals surface area (Å²) in [6.07, 6.45) is 5.22. The maximum atomic E-state index is 11.8. The topological polar surface area (TPSA) is 86.7 Å². The molecule has 0 unspecified atom stereocenters. The first-order chi connectivity index (χ1) is 12.1. The van der Waals surface area contributed by atoms with Gasteiger partial charge in [-0.2, -0.15) is 0 Å². The number of rotatable bonds is 12. The van der Waals surface area contributed by atoms with E-state index in [0.29, 0.717) is 0 Å².